The van der Waals surface area contributed by atoms with Crippen LogP contribution < -0.4 is 10.5 Å². The standard InChI is InChI=1S/C27H23F2N5O2/c1-3-7-23(35)33(2)17-14-18(15-17)34-22-10-11-31-27(30)24(22)25(32-34)16-12-20(28)26(21(29)13-16)36-19-8-5-4-6-9-19/h4-6,8-13,17-18H,14-15H2,1-2H3,(H2,30,31). The van der Waals surface area contributed by atoms with Crippen LogP contribution in [-0.4, -0.2) is 38.7 Å². The second-order valence-electron chi connectivity index (χ2n) is 8.64. The summed E-state index contributed by atoms with van der Waals surface area (Å²) in [7, 11) is 1.73. The summed E-state index contributed by atoms with van der Waals surface area (Å²) in [5, 5.41) is 5.22. The van der Waals surface area contributed by atoms with Gasteiger partial charge in [-0.25, -0.2) is 13.8 Å². The number of aromatic nitrogens is 3. The van der Waals surface area contributed by atoms with Gasteiger partial charge < -0.3 is 15.4 Å². The molecule has 0 bridgehead atoms. The molecule has 4 aromatic rings. The number of rotatable bonds is 5. The highest BCUT2D eigenvalue weighted by Gasteiger charge is 2.37. The Morgan fingerprint density at radius 3 is 2.53 bits per heavy atom. The third-order valence-electron chi connectivity index (χ3n) is 6.42. The lowest BCUT2D eigenvalue weighted by Crippen LogP contribution is -2.46. The fourth-order valence-corrected chi connectivity index (χ4v) is 4.43. The van der Waals surface area contributed by atoms with Crippen LogP contribution in [0.25, 0.3) is 22.2 Å². The zero-order valence-electron chi connectivity index (χ0n) is 19.7. The van der Waals surface area contributed by atoms with Gasteiger partial charge in [0.05, 0.1) is 16.9 Å². The number of carbonyl (C=O) groups excluding carboxylic acids is 1. The van der Waals surface area contributed by atoms with Gasteiger partial charge in [-0.1, -0.05) is 24.1 Å². The average molecular weight is 488 g/mol. The summed E-state index contributed by atoms with van der Waals surface area (Å²) < 4.78 is 37.2. The predicted molar refractivity (Wildman–Crippen MR) is 132 cm³/mol. The minimum absolute atomic E-state index is 0.0201. The first-order valence-corrected chi connectivity index (χ1v) is 11.4. The number of nitrogen functional groups attached to an aromatic ring is 1. The lowest BCUT2D eigenvalue weighted by atomic mass is 9.85. The van der Waals surface area contributed by atoms with Gasteiger partial charge in [0.2, 0.25) is 0 Å². The summed E-state index contributed by atoms with van der Waals surface area (Å²) >= 11 is 0. The van der Waals surface area contributed by atoms with Gasteiger partial charge in [0, 0.05) is 24.8 Å². The monoisotopic (exact) mass is 487 g/mol. The molecular formula is C27H23F2N5O2. The van der Waals surface area contributed by atoms with Crippen molar-refractivity contribution >= 4 is 22.6 Å². The maximum absolute atomic E-state index is 15.0. The minimum Gasteiger partial charge on any atom is -0.451 e. The van der Waals surface area contributed by atoms with E-state index in [0.29, 0.717) is 35.2 Å². The first kappa shape index (κ1) is 23.3. The number of ether oxygens (including phenoxy) is 1. The third kappa shape index (κ3) is 4.11. The Hall–Kier alpha value is -4.45. The highest BCUT2D eigenvalue weighted by molar-refractivity contribution is 6.00. The Bertz CT molecular complexity index is 1490. The molecule has 1 fully saturated rings. The largest absolute Gasteiger partial charge is 0.451 e. The van der Waals surface area contributed by atoms with E-state index >= 15 is 8.78 Å². The van der Waals surface area contributed by atoms with Crippen molar-refractivity contribution in [3.63, 3.8) is 0 Å². The van der Waals surface area contributed by atoms with Crippen LogP contribution >= 0.6 is 0 Å². The van der Waals surface area contributed by atoms with Gasteiger partial charge in [-0.3, -0.25) is 9.48 Å². The van der Waals surface area contributed by atoms with Gasteiger partial charge >= 0.3 is 0 Å². The molecule has 1 amide bonds. The topological polar surface area (TPSA) is 86.3 Å². The first-order chi connectivity index (χ1) is 17.4. The van der Waals surface area contributed by atoms with Gasteiger partial charge in [-0.15, -0.1) is 0 Å². The Labute approximate surface area is 206 Å². The maximum atomic E-state index is 15.0. The highest BCUT2D eigenvalue weighted by atomic mass is 19.1. The second kappa shape index (κ2) is 9.30. The summed E-state index contributed by atoms with van der Waals surface area (Å²) in [4.78, 5) is 17.9. The summed E-state index contributed by atoms with van der Waals surface area (Å²) in [6, 6.07) is 12.6. The van der Waals surface area contributed by atoms with E-state index in [9.17, 15) is 4.79 Å². The number of nitrogens with two attached hydrogens (primary N) is 1. The quantitative estimate of drug-likeness (QED) is 0.403. The number of nitrogens with zero attached hydrogens (tertiary/aromatic N) is 4. The molecule has 0 atom stereocenters. The van der Waals surface area contributed by atoms with E-state index in [4.69, 9.17) is 15.6 Å². The van der Waals surface area contributed by atoms with Crippen LogP contribution in [-0.2, 0) is 4.79 Å². The van der Waals surface area contributed by atoms with Crippen LogP contribution in [0.3, 0.4) is 0 Å². The van der Waals surface area contributed by atoms with E-state index in [0.717, 1.165) is 0 Å². The van der Waals surface area contributed by atoms with E-state index in [1.54, 1.807) is 66.1 Å². The molecule has 2 N–H and O–H groups in total. The molecule has 36 heavy (non-hydrogen) atoms. The molecule has 0 unspecified atom stereocenters. The van der Waals surface area contributed by atoms with Crippen LogP contribution in [0.15, 0.2) is 54.7 Å². The summed E-state index contributed by atoms with van der Waals surface area (Å²) in [5.41, 5.74) is 7.42. The Kier molecular flexibility index (Phi) is 6.02. The Morgan fingerprint density at radius 1 is 1.17 bits per heavy atom. The molecule has 0 saturated heterocycles. The van der Waals surface area contributed by atoms with E-state index in [1.165, 1.54) is 12.1 Å². The first-order valence-electron chi connectivity index (χ1n) is 11.4. The zero-order valence-corrected chi connectivity index (χ0v) is 19.7. The molecule has 0 aliphatic heterocycles. The van der Waals surface area contributed by atoms with Gasteiger partial charge in [-0.2, -0.15) is 5.10 Å². The zero-order chi connectivity index (χ0) is 25.4. The number of para-hydroxylation sites is 1. The molecule has 2 aromatic heterocycles. The van der Waals surface area contributed by atoms with Crippen molar-refractivity contribution in [2.75, 3.05) is 12.8 Å². The molecule has 7 nitrogen and oxygen atoms in total. The van der Waals surface area contributed by atoms with E-state index in [-0.39, 0.29) is 29.4 Å². The number of pyridine rings is 1. The van der Waals surface area contributed by atoms with Gasteiger partial charge in [0.15, 0.2) is 17.4 Å². The SMILES string of the molecule is CC#CC(=O)N(C)C1CC(n2nc(-c3cc(F)c(Oc4ccccc4)c(F)c3)c3c(N)nccc32)C1. The van der Waals surface area contributed by atoms with Crippen LogP contribution in [0.2, 0.25) is 0 Å². The molecule has 0 spiro atoms. The molecule has 1 aliphatic carbocycles. The normalized spacial score (nSPS) is 16.7. The molecule has 2 aromatic carbocycles. The van der Waals surface area contributed by atoms with Crippen molar-refractivity contribution in [2.24, 2.45) is 0 Å². The second-order valence-corrected chi connectivity index (χ2v) is 8.64. The lowest BCUT2D eigenvalue weighted by Gasteiger charge is -2.40. The number of anilines is 1. The number of hydrogen-bond acceptors (Lipinski definition) is 5. The third-order valence-corrected chi connectivity index (χ3v) is 6.42. The molecule has 182 valence electrons. The molecular weight excluding hydrogens is 464 g/mol. The predicted octanol–water partition coefficient (Wildman–Crippen LogP) is 4.94. The maximum Gasteiger partial charge on any atom is 0.298 e. The summed E-state index contributed by atoms with van der Waals surface area (Å²) in [5.74, 6) is 3.25. The average Bonchev–Trinajstić information content (AvgIpc) is 3.22. The van der Waals surface area contributed by atoms with Crippen LogP contribution in [0.4, 0.5) is 14.6 Å². The fraction of sp³-hybridized carbons (Fsp3) is 0.222. The van der Waals surface area contributed by atoms with E-state index in [2.05, 4.69) is 16.8 Å². The van der Waals surface area contributed by atoms with Crippen LogP contribution in [0, 0.1) is 23.5 Å². The molecule has 2 heterocycles. The fourth-order valence-electron chi connectivity index (χ4n) is 4.43. The van der Waals surface area contributed by atoms with Crippen molar-refractivity contribution in [3.05, 3.63) is 66.4 Å². The van der Waals surface area contributed by atoms with Gasteiger partial charge in [-0.05, 0) is 56.0 Å². The number of halogens is 2. The van der Waals surface area contributed by atoms with E-state index < -0.39 is 17.4 Å². The molecule has 1 aliphatic rings. The summed E-state index contributed by atoms with van der Waals surface area (Å²) in [6.45, 7) is 1.62. The smallest absolute Gasteiger partial charge is 0.298 e. The van der Waals surface area contributed by atoms with E-state index in [1.807, 2.05) is 0 Å². The highest BCUT2D eigenvalue weighted by Crippen LogP contribution is 2.41. The molecule has 9 heteroatoms. The Morgan fingerprint density at radius 2 is 1.86 bits per heavy atom. The lowest BCUT2D eigenvalue weighted by molar-refractivity contribution is -0.128. The molecule has 0 radical (unpaired) electrons. The van der Waals surface area contributed by atoms with Crippen molar-refractivity contribution in [2.45, 2.75) is 31.8 Å². The van der Waals surface area contributed by atoms with Crippen LogP contribution in [0.1, 0.15) is 25.8 Å². The van der Waals surface area contributed by atoms with Gasteiger partial charge in [0.25, 0.3) is 5.91 Å². The molecule has 5 rings (SSSR count). The Balaban J connectivity index is 1.49. The summed E-state index contributed by atoms with van der Waals surface area (Å²) in [6.07, 6.45) is 2.90. The van der Waals surface area contributed by atoms with Gasteiger partial charge in [0.1, 0.15) is 17.3 Å². The minimum atomic E-state index is -0.861. The van der Waals surface area contributed by atoms with Crippen molar-refractivity contribution in [1.82, 2.24) is 19.7 Å². The van der Waals surface area contributed by atoms with Crippen molar-refractivity contribution in [1.29, 1.82) is 0 Å². The number of carbonyl (C=O) groups is 1. The van der Waals surface area contributed by atoms with Crippen molar-refractivity contribution in [3.8, 4) is 34.6 Å². The number of fused-ring (bicyclic) bond motifs is 1. The number of hydrogen-bond donors (Lipinski definition) is 1. The van der Waals surface area contributed by atoms with Crippen molar-refractivity contribution < 1.29 is 18.3 Å². The molecule has 1 saturated carbocycles. The number of benzene rings is 2. The number of amides is 1. The van der Waals surface area contributed by atoms with Crippen LogP contribution in [0.5, 0.6) is 11.5 Å².